The van der Waals surface area contributed by atoms with Gasteiger partial charge in [-0.25, -0.2) is 10.8 Å². The van der Waals surface area contributed by atoms with E-state index in [2.05, 4.69) is 17.3 Å². The molecule has 110 valence electrons. The maximum atomic E-state index is 12.7. The molecule has 2 aromatic rings. The highest BCUT2D eigenvalue weighted by Crippen LogP contribution is 2.24. The van der Waals surface area contributed by atoms with Crippen LogP contribution in [0.5, 0.6) is 0 Å². The minimum absolute atomic E-state index is 0.00977. The Bertz CT molecular complexity index is 670. The van der Waals surface area contributed by atoms with Crippen molar-refractivity contribution < 1.29 is 4.79 Å². The van der Waals surface area contributed by atoms with Crippen molar-refractivity contribution in [1.82, 2.24) is 9.88 Å². The average molecular weight is 284 g/mol. The van der Waals surface area contributed by atoms with Crippen LogP contribution in [0.4, 0.5) is 5.82 Å². The van der Waals surface area contributed by atoms with Crippen LogP contribution in [0, 0.1) is 0 Å². The number of nitrogen functional groups attached to an aromatic ring is 1. The number of nitrogens with two attached hydrogens (primary N) is 1. The second-order valence-corrected chi connectivity index (χ2v) is 5.56. The molecule has 1 amide bonds. The van der Waals surface area contributed by atoms with Crippen molar-refractivity contribution in [3.63, 3.8) is 0 Å². The molecule has 3 N–H and O–H groups in total. The number of carbonyl (C=O) groups is 1. The normalized spacial score (nSPS) is 18.8. The SMILES string of the molecule is CC1CCCCN1C(=O)c1cc2ccccc2c(NN)n1. The summed E-state index contributed by atoms with van der Waals surface area (Å²) in [4.78, 5) is 19.0. The van der Waals surface area contributed by atoms with E-state index in [1.54, 1.807) is 0 Å². The lowest BCUT2D eigenvalue weighted by atomic mass is 10.0. The molecule has 0 radical (unpaired) electrons. The van der Waals surface area contributed by atoms with Gasteiger partial charge in [0.05, 0.1) is 0 Å². The van der Waals surface area contributed by atoms with Gasteiger partial charge in [-0.05, 0) is 37.6 Å². The largest absolute Gasteiger partial charge is 0.335 e. The van der Waals surface area contributed by atoms with Gasteiger partial charge in [-0.2, -0.15) is 0 Å². The number of benzene rings is 1. The molecular weight excluding hydrogens is 264 g/mol. The van der Waals surface area contributed by atoms with Crippen LogP contribution in [-0.2, 0) is 0 Å². The Morgan fingerprint density at radius 2 is 2.19 bits per heavy atom. The zero-order valence-corrected chi connectivity index (χ0v) is 12.2. The second kappa shape index (κ2) is 5.69. The molecule has 1 aromatic heterocycles. The van der Waals surface area contributed by atoms with E-state index in [1.165, 1.54) is 6.42 Å². The fourth-order valence-electron chi connectivity index (χ4n) is 2.97. The fourth-order valence-corrected chi connectivity index (χ4v) is 2.97. The Labute approximate surface area is 124 Å². The lowest BCUT2D eigenvalue weighted by molar-refractivity contribution is 0.0630. The monoisotopic (exact) mass is 284 g/mol. The van der Waals surface area contributed by atoms with Crippen molar-refractivity contribution in [3.8, 4) is 0 Å². The summed E-state index contributed by atoms with van der Waals surface area (Å²) < 4.78 is 0. The maximum absolute atomic E-state index is 12.7. The number of nitrogens with zero attached hydrogens (tertiary/aromatic N) is 2. The van der Waals surface area contributed by atoms with Crippen LogP contribution >= 0.6 is 0 Å². The molecule has 1 atom stereocenters. The number of hydrazine groups is 1. The first-order chi connectivity index (χ1) is 10.2. The average Bonchev–Trinajstić information content (AvgIpc) is 2.53. The molecule has 3 rings (SSSR count). The van der Waals surface area contributed by atoms with Crippen molar-refractivity contribution in [2.45, 2.75) is 32.2 Å². The molecule has 1 aliphatic heterocycles. The zero-order valence-electron chi connectivity index (χ0n) is 12.2. The number of fused-ring (bicyclic) bond motifs is 1. The van der Waals surface area contributed by atoms with Gasteiger partial charge in [0, 0.05) is 18.0 Å². The number of aromatic nitrogens is 1. The number of rotatable bonds is 2. The highest BCUT2D eigenvalue weighted by molar-refractivity contribution is 6.00. The van der Waals surface area contributed by atoms with Crippen molar-refractivity contribution in [2.24, 2.45) is 5.84 Å². The minimum Gasteiger partial charge on any atom is -0.335 e. The summed E-state index contributed by atoms with van der Waals surface area (Å²) in [5, 5.41) is 1.89. The van der Waals surface area contributed by atoms with Gasteiger partial charge in [0.15, 0.2) is 0 Å². The van der Waals surface area contributed by atoms with E-state index in [4.69, 9.17) is 5.84 Å². The number of hydrogen-bond acceptors (Lipinski definition) is 4. The topological polar surface area (TPSA) is 71.2 Å². The molecule has 0 spiro atoms. The van der Waals surface area contributed by atoms with Crippen molar-refractivity contribution in [2.75, 3.05) is 12.0 Å². The van der Waals surface area contributed by atoms with Gasteiger partial charge in [0.1, 0.15) is 11.5 Å². The van der Waals surface area contributed by atoms with Crippen LogP contribution in [0.25, 0.3) is 10.8 Å². The van der Waals surface area contributed by atoms with E-state index in [9.17, 15) is 4.79 Å². The molecule has 0 aliphatic carbocycles. The van der Waals surface area contributed by atoms with E-state index in [1.807, 2.05) is 35.2 Å². The van der Waals surface area contributed by atoms with Crippen LogP contribution in [0.2, 0.25) is 0 Å². The van der Waals surface area contributed by atoms with Gasteiger partial charge in [-0.3, -0.25) is 4.79 Å². The van der Waals surface area contributed by atoms with Gasteiger partial charge in [0.25, 0.3) is 5.91 Å². The Morgan fingerprint density at radius 1 is 1.38 bits per heavy atom. The summed E-state index contributed by atoms with van der Waals surface area (Å²) in [5.41, 5.74) is 3.05. The first-order valence-corrected chi connectivity index (χ1v) is 7.38. The predicted octanol–water partition coefficient (Wildman–Crippen LogP) is 2.53. The van der Waals surface area contributed by atoms with Gasteiger partial charge in [0.2, 0.25) is 0 Å². The van der Waals surface area contributed by atoms with Crippen LogP contribution < -0.4 is 11.3 Å². The van der Waals surface area contributed by atoms with Crippen LogP contribution in [0.1, 0.15) is 36.7 Å². The Morgan fingerprint density at radius 3 is 2.95 bits per heavy atom. The fraction of sp³-hybridized carbons (Fsp3) is 0.375. The standard InChI is InChI=1S/C16H20N4O/c1-11-6-4-5-9-20(11)16(21)14-10-12-7-2-3-8-13(12)15(18-14)19-17/h2-3,7-8,10-11H,4-6,9,17H2,1H3,(H,18,19). The summed E-state index contributed by atoms with van der Waals surface area (Å²) in [5.74, 6) is 6.09. The molecule has 1 fully saturated rings. The lowest BCUT2D eigenvalue weighted by Crippen LogP contribution is -2.42. The van der Waals surface area contributed by atoms with E-state index in [0.29, 0.717) is 11.5 Å². The van der Waals surface area contributed by atoms with E-state index < -0.39 is 0 Å². The van der Waals surface area contributed by atoms with Crippen LogP contribution in [-0.4, -0.2) is 28.4 Å². The first-order valence-electron chi connectivity index (χ1n) is 7.38. The molecule has 1 unspecified atom stereocenters. The Kier molecular flexibility index (Phi) is 3.75. The molecular formula is C16H20N4O. The molecule has 1 aliphatic rings. The lowest BCUT2D eigenvalue weighted by Gasteiger charge is -2.33. The third kappa shape index (κ3) is 2.56. The van der Waals surface area contributed by atoms with Crippen molar-refractivity contribution in [1.29, 1.82) is 0 Å². The summed E-state index contributed by atoms with van der Waals surface area (Å²) in [6.45, 7) is 2.90. The summed E-state index contributed by atoms with van der Waals surface area (Å²) in [6, 6.07) is 9.90. The Balaban J connectivity index is 2.01. The predicted molar refractivity (Wildman–Crippen MR) is 83.9 cm³/mol. The molecule has 1 aromatic carbocycles. The number of nitrogens with one attached hydrogen (secondary N) is 1. The molecule has 1 saturated heterocycles. The third-order valence-corrected chi connectivity index (χ3v) is 4.16. The van der Waals surface area contributed by atoms with E-state index in [-0.39, 0.29) is 11.9 Å². The Hall–Kier alpha value is -2.14. The number of anilines is 1. The number of likely N-dealkylation sites (tertiary alicyclic amines) is 1. The smallest absolute Gasteiger partial charge is 0.272 e. The summed E-state index contributed by atoms with van der Waals surface area (Å²) in [7, 11) is 0. The number of carbonyl (C=O) groups excluding carboxylic acids is 1. The molecule has 5 heteroatoms. The van der Waals surface area contributed by atoms with E-state index >= 15 is 0 Å². The summed E-state index contributed by atoms with van der Waals surface area (Å²) in [6.07, 6.45) is 3.30. The first kappa shape index (κ1) is 13.8. The van der Waals surface area contributed by atoms with Crippen LogP contribution in [0.3, 0.4) is 0 Å². The highest BCUT2D eigenvalue weighted by Gasteiger charge is 2.25. The minimum atomic E-state index is -0.00977. The highest BCUT2D eigenvalue weighted by atomic mass is 16.2. The number of pyridine rings is 1. The maximum Gasteiger partial charge on any atom is 0.272 e. The van der Waals surface area contributed by atoms with Crippen molar-refractivity contribution in [3.05, 3.63) is 36.0 Å². The van der Waals surface area contributed by atoms with Crippen LogP contribution in [0.15, 0.2) is 30.3 Å². The van der Waals surface area contributed by atoms with E-state index in [0.717, 1.165) is 30.2 Å². The number of amides is 1. The number of piperidine rings is 1. The molecule has 2 heterocycles. The van der Waals surface area contributed by atoms with Crippen molar-refractivity contribution >= 4 is 22.5 Å². The second-order valence-electron chi connectivity index (χ2n) is 5.56. The van der Waals surface area contributed by atoms with Gasteiger partial charge < -0.3 is 10.3 Å². The third-order valence-electron chi connectivity index (χ3n) is 4.16. The van der Waals surface area contributed by atoms with Gasteiger partial charge in [-0.15, -0.1) is 0 Å². The quantitative estimate of drug-likeness (QED) is 0.656. The summed E-state index contributed by atoms with van der Waals surface area (Å²) >= 11 is 0. The molecule has 0 bridgehead atoms. The van der Waals surface area contributed by atoms with Gasteiger partial charge >= 0.3 is 0 Å². The molecule has 21 heavy (non-hydrogen) atoms. The molecule has 0 saturated carbocycles. The number of hydrogen-bond donors (Lipinski definition) is 2. The molecule has 5 nitrogen and oxygen atoms in total. The zero-order chi connectivity index (χ0) is 14.8. The van der Waals surface area contributed by atoms with Gasteiger partial charge in [-0.1, -0.05) is 24.3 Å².